The minimum Gasteiger partial charge on any atom is -0.462 e. The Morgan fingerprint density at radius 1 is 1.23 bits per heavy atom. The van der Waals surface area contributed by atoms with Crippen LogP contribution in [0.15, 0.2) is 34.8 Å². The molecule has 3 rings (SSSR count). The molecule has 0 bridgehead atoms. The number of halogens is 1. The van der Waals surface area contributed by atoms with E-state index in [0.29, 0.717) is 24.2 Å². The zero-order chi connectivity index (χ0) is 15.9. The van der Waals surface area contributed by atoms with E-state index >= 15 is 0 Å². The summed E-state index contributed by atoms with van der Waals surface area (Å²) in [6.45, 7) is 2.12. The molecule has 0 heterocycles. The highest BCUT2D eigenvalue weighted by molar-refractivity contribution is 9.10. The number of ether oxygens (including phenoxy) is 1. The van der Waals surface area contributed by atoms with Gasteiger partial charge in [-0.15, -0.1) is 0 Å². The van der Waals surface area contributed by atoms with Gasteiger partial charge in [-0.3, -0.25) is 4.79 Å². The van der Waals surface area contributed by atoms with E-state index in [1.165, 1.54) is 0 Å². The van der Waals surface area contributed by atoms with Gasteiger partial charge in [-0.2, -0.15) is 0 Å². The number of carbonyl (C=O) groups is 2. The van der Waals surface area contributed by atoms with E-state index in [4.69, 9.17) is 10.5 Å². The summed E-state index contributed by atoms with van der Waals surface area (Å²) in [5.74, 6) is -0.784. The number of rotatable bonds is 3. The molecule has 22 heavy (non-hydrogen) atoms. The largest absolute Gasteiger partial charge is 0.462 e. The fraction of sp³-hybridized carbons (Fsp3) is 0.176. The minimum absolute atomic E-state index is 0.336. The van der Waals surface area contributed by atoms with Crippen molar-refractivity contribution in [3.8, 4) is 11.1 Å². The number of carbonyl (C=O) groups excluding carboxylic acids is 2. The molecule has 0 fully saturated rings. The van der Waals surface area contributed by atoms with Gasteiger partial charge in [0.05, 0.1) is 12.2 Å². The second-order valence-corrected chi connectivity index (χ2v) is 6.03. The molecule has 0 aromatic heterocycles. The van der Waals surface area contributed by atoms with E-state index in [2.05, 4.69) is 15.9 Å². The summed E-state index contributed by atoms with van der Waals surface area (Å²) in [4.78, 5) is 23.5. The second kappa shape index (κ2) is 5.57. The predicted molar refractivity (Wildman–Crippen MR) is 86.9 cm³/mol. The Morgan fingerprint density at radius 3 is 2.68 bits per heavy atom. The van der Waals surface area contributed by atoms with Crippen LogP contribution in [0.25, 0.3) is 11.1 Å². The van der Waals surface area contributed by atoms with Crippen LogP contribution < -0.4 is 5.73 Å². The molecule has 2 N–H and O–H groups in total. The van der Waals surface area contributed by atoms with Gasteiger partial charge in [0.2, 0.25) is 5.91 Å². The summed E-state index contributed by atoms with van der Waals surface area (Å²) < 4.78 is 5.83. The summed E-state index contributed by atoms with van der Waals surface area (Å²) in [6.07, 6.45) is 0.587. The van der Waals surface area contributed by atoms with Gasteiger partial charge in [0.1, 0.15) is 0 Å². The lowest BCUT2D eigenvalue weighted by atomic mass is 10.0. The number of nitrogens with two attached hydrogens (primary N) is 1. The van der Waals surface area contributed by atoms with E-state index in [1.807, 2.05) is 18.2 Å². The number of hydrogen-bond donors (Lipinski definition) is 1. The lowest BCUT2D eigenvalue weighted by Gasteiger charge is -2.06. The lowest BCUT2D eigenvalue weighted by molar-refractivity contribution is 0.0526. The minimum atomic E-state index is -0.448. The third kappa shape index (κ3) is 2.41. The van der Waals surface area contributed by atoms with Crippen molar-refractivity contribution in [1.29, 1.82) is 0 Å². The van der Waals surface area contributed by atoms with Crippen molar-refractivity contribution < 1.29 is 14.3 Å². The molecule has 2 aromatic rings. The van der Waals surface area contributed by atoms with Crippen LogP contribution in [0.3, 0.4) is 0 Å². The molecule has 1 aliphatic rings. The Labute approximate surface area is 136 Å². The molecule has 0 radical (unpaired) electrons. The average molecular weight is 360 g/mol. The number of amides is 1. The van der Waals surface area contributed by atoms with Crippen molar-refractivity contribution in [2.75, 3.05) is 6.61 Å². The molecule has 1 aliphatic carbocycles. The lowest BCUT2D eigenvalue weighted by Crippen LogP contribution is -2.13. The molecule has 0 unspecified atom stereocenters. The van der Waals surface area contributed by atoms with Crippen LogP contribution in [0.1, 0.15) is 38.8 Å². The Morgan fingerprint density at radius 2 is 2.00 bits per heavy atom. The van der Waals surface area contributed by atoms with Crippen LogP contribution in [0.5, 0.6) is 0 Å². The van der Waals surface area contributed by atoms with Gasteiger partial charge in [0.15, 0.2) is 0 Å². The van der Waals surface area contributed by atoms with E-state index in [9.17, 15) is 9.59 Å². The van der Waals surface area contributed by atoms with Crippen LogP contribution in [-0.2, 0) is 11.2 Å². The highest BCUT2D eigenvalue weighted by atomic mass is 79.9. The zero-order valence-corrected chi connectivity index (χ0v) is 13.6. The van der Waals surface area contributed by atoms with Crippen molar-refractivity contribution in [3.05, 3.63) is 57.1 Å². The van der Waals surface area contributed by atoms with Gasteiger partial charge in [0.25, 0.3) is 0 Å². The summed E-state index contributed by atoms with van der Waals surface area (Å²) >= 11 is 3.41. The molecule has 4 nitrogen and oxygen atoms in total. The SMILES string of the molecule is CCOC(=O)c1ccc2c(c1)Cc1c(C(N)=O)cc(Br)cc1-2. The van der Waals surface area contributed by atoms with Crippen LogP contribution in [0.4, 0.5) is 0 Å². The molecule has 0 saturated carbocycles. The van der Waals surface area contributed by atoms with Crippen LogP contribution in [0.2, 0.25) is 0 Å². The highest BCUT2D eigenvalue weighted by Gasteiger charge is 2.25. The first kappa shape index (κ1) is 14.8. The van der Waals surface area contributed by atoms with E-state index < -0.39 is 5.91 Å². The van der Waals surface area contributed by atoms with Crippen molar-refractivity contribution in [2.45, 2.75) is 13.3 Å². The van der Waals surface area contributed by atoms with Gasteiger partial charge in [-0.05, 0) is 59.9 Å². The first-order chi connectivity index (χ1) is 10.5. The van der Waals surface area contributed by atoms with Crippen molar-refractivity contribution in [1.82, 2.24) is 0 Å². The molecule has 0 spiro atoms. The number of fused-ring (bicyclic) bond motifs is 3. The molecule has 2 aromatic carbocycles. The maximum absolute atomic E-state index is 11.8. The fourth-order valence-corrected chi connectivity index (χ4v) is 3.28. The first-order valence-corrected chi connectivity index (χ1v) is 7.73. The molecule has 1 amide bonds. The summed E-state index contributed by atoms with van der Waals surface area (Å²) in [5.41, 5.74) is 10.4. The van der Waals surface area contributed by atoms with Gasteiger partial charge in [-0.25, -0.2) is 4.79 Å². The number of hydrogen-bond acceptors (Lipinski definition) is 3. The topological polar surface area (TPSA) is 69.4 Å². The standard InChI is InChI=1S/C17H14BrNO3/c1-2-22-17(21)9-3-4-12-10(5-9)6-13-14(12)7-11(18)8-15(13)16(19)20/h3-5,7-8H,2,6H2,1H3,(H2,19,20). The van der Waals surface area contributed by atoms with E-state index in [-0.39, 0.29) is 5.97 Å². The fourth-order valence-electron chi connectivity index (χ4n) is 2.82. The average Bonchev–Trinajstić information content (AvgIpc) is 2.84. The van der Waals surface area contributed by atoms with Crippen molar-refractivity contribution in [3.63, 3.8) is 0 Å². The third-order valence-electron chi connectivity index (χ3n) is 3.75. The molecular formula is C17H14BrNO3. The molecule has 0 saturated heterocycles. The molecule has 5 heteroatoms. The Kier molecular flexibility index (Phi) is 3.74. The first-order valence-electron chi connectivity index (χ1n) is 6.94. The Bertz CT molecular complexity index is 799. The van der Waals surface area contributed by atoms with Crippen LogP contribution in [-0.4, -0.2) is 18.5 Å². The quantitative estimate of drug-likeness (QED) is 0.729. The summed E-state index contributed by atoms with van der Waals surface area (Å²) in [7, 11) is 0. The van der Waals surface area contributed by atoms with Gasteiger partial charge < -0.3 is 10.5 Å². The number of primary amides is 1. The normalized spacial score (nSPS) is 11.7. The molecular weight excluding hydrogens is 346 g/mol. The maximum Gasteiger partial charge on any atom is 0.338 e. The summed E-state index contributed by atoms with van der Waals surface area (Å²) in [5, 5.41) is 0. The smallest absolute Gasteiger partial charge is 0.338 e. The predicted octanol–water partition coefficient (Wildman–Crippen LogP) is 3.30. The van der Waals surface area contributed by atoms with E-state index in [1.54, 1.807) is 19.1 Å². The van der Waals surface area contributed by atoms with Crippen molar-refractivity contribution in [2.24, 2.45) is 5.73 Å². The molecule has 0 aliphatic heterocycles. The monoisotopic (exact) mass is 359 g/mol. The van der Waals surface area contributed by atoms with Gasteiger partial charge in [-0.1, -0.05) is 22.0 Å². The Hall–Kier alpha value is -2.14. The molecule has 0 atom stereocenters. The van der Waals surface area contributed by atoms with Crippen LogP contribution >= 0.6 is 15.9 Å². The highest BCUT2D eigenvalue weighted by Crippen LogP contribution is 2.40. The summed E-state index contributed by atoms with van der Waals surface area (Å²) in [6, 6.07) is 9.17. The van der Waals surface area contributed by atoms with Gasteiger partial charge in [0, 0.05) is 10.0 Å². The number of esters is 1. The number of benzene rings is 2. The zero-order valence-electron chi connectivity index (χ0n) is 12.0. The van der Waals surface area contributed by atoms with E-state index in [0.717, 1.165) is 26.7 Å². The second-order valence-electron chi connectivity index (χ2n) is 5.11. The van der Waals surface area contributed by atoms with Crippen molar-refractivity contribution >= 4 is 27.8 Å². The van der Waals surface area contributed by atoms with Gasteiger partial charge >= 0.3 is 5.97 Å². The Balaban J connectivity index is 2.09. The third-order valence-corrected chi connectivity index (χ3v) is 4.21. The maximum atomic E-state index is 11.8. The molecule has 112 valence electrons. The van der Waals surface area contributed by atoms with Crippen LogP contribution in [0, 0.1) is 0 Å².